The summed E-state index contributed by atoms with van der Waals surface area (Å²) in [5.74, 6) is -0.754. The Morgan fingerprint density at radius 2 is 1.80 bits per heavy atom. The molecule has 0 saturated carbocycles. The van der Waals surface area contributed by atoms with Crippen LogP contribution in [0.2, 0.25) is 5.02 Å². The zero-order valence-electron chi connectivity index (χ0n) is 18.4. The molecule has 35 heavy (non-hydrogen) atoms. The van der Waals surface area contributed by atoms with Crippen LogP contribution in [0.15, 0.2) is 75.5 Å². The van der Waals surface area contributed by atoms with E-state index in [1.807, 2.05) is 0 Å². The number of carboxylic acids is 1. The molecule has 12 heteroatoms. The number of carboxylic acid groups (broad SMARTS) is 1. The molecule has 0 saturated heterocycles. The van der Waals surface area contributed by atoms with Crippen LogP contribution in [-0.2, 0) is 13.1 Å². The van der Waals surface area contributed by atoms with Gasteiger partial charge in [0.05, 0.1) is 12.2 Å². The SMILES string of the molecule is CCn1c(=O)[nH]/c(=N\c2ccc(Oc3cc(C(=O)O)ncn3)cc2)n(Cc2ccc(Cl)cc2)c1=O. The summed E-state index contributed by atoms with van der Waals surface area (Å²) >= 11 is 5.96. The van der Waals surface area contributed by atoms with E-state index in [1.165, 1.54) is 10.6 Å². The first-order valence-corrected chi connectivity index (χ1v) is 10.8. The highest BCUT2D eigenvalue weighted by atomic mass is 35.5. The van der Waals surface area contributed by atoms with E-state index in [9.17, 15) is 14.4 Å². The normalized spacial score (nSPS) is 11.4. The summed E-state index contributed by atoms with van der Waals surface area (Å²) in [6, 6.07) is 14.6. The van der Waals surface area contributed by atoms with Crippen molar-refractivity contribution in [2.45, 2.75) is 20.0 Å². The van der Waals surface area contributed by atoms with Crippen LogP contribution in [0, 0.1) is 0 Å². The molecule has 0 aliphatic heterocycles. The number of H-pyrrole nitrogens is 1. The maximum Gasteiger partial charge on any atom is 0.354 e. The van der Waals surface area contributed by atoms with Gasteiger partial charge in [0.25, 0.3) is 0 Å². The molecule has 0 spiro atoms. The Morgan fingerprint density at radius 3 is 2.46 bits per heavy atom. The second kappa shape index (κ2) is 10.2. The standard InChI is InChI=1S/C23H19ClN6O5/c1-2-29-22(33)28-21(30(23(29)34)12-14-3-5-15(24)6-4-14)27-16-7-9-17(10-8-16)35-19-11-18(20(31)32)25-13-26-19/h3-11,13H,2,12H2,1H3,(H,31,32)(H,27,28,33). The van der Waals surface area contributed by atoms with E-state index in [0.29, 0.717) is 16.5 Å². The largest absolute Gasteiger partial charge is 0.477 e. The van der Waals surface area contributed by atoms with Crippen molar-refractivity contribution in [1.29, 1.82) is 0 Å². The lowest BCUT2D eigenvalue weighted by Gasteiger charge is -2.10. The predicted octanol–water partition coefficient (Wildman–Crippen LogP) is 2.57. The fourth-order valence-corrected chi connectivity index (χ4v) is 3.31. The molecule has 0 atom stereocenters. The molecular weight excluding hydrogens is 476 g/mol. The summed E-state index contributed by atoms with van der Waals surface area (Å²) in [5.41, 5.74) is 0.0645. The Kier molecular flexibility index (Phi) is 6.88. The molecule has 2 heterocycles. The number of hydrogen-bond donors (Lipinski definition) is 2. The predicted molar refractivity (Wildman–Crippen MR) is 126 cm³/mol. The number of aromatic carboxylic acids is 1. The Hall–Kier alpha value is -4.51. The molecule has 0 amide bonds. The number of benzene rings is 2. The minimum atomic E-state index is -1.20. The third kappa shape index (κ3) is 5.53. The van der Waals surface area contributed by atoms with E-state index < -0.39 is 17.3 Å². The molecule has 0 unspecified atom stereocenters. The van der Waals surface area contributed by atoms with Crippen LogP contribution in [-0.4, -0.2) is 35.2 Å². The number of halogens is 1. The number of carbonyl (C=O) groups is 1. The third-order valence-electron chi connectivity index (χ3n) is 4.91. The van der Waals surface area contributed by atoms with Gasteiger partial charge >= 0.3 is 17.3 Å². The van der Waals surface area contributed by atoms with Gasteiger partial charge in [-0.05, 0) is 48.9 Å². The highest BCUT2D eigenvalue weighted by molar-refractivity contribution is 6.30. The van der Waals surface area contributed by atoms with Crippen LogP contribution in [0.4, 0.5) is 5.69 Å². The maximum absolute atomic E-state index is 13.0. The molecule has 178 valence electrons. The molecule has 0 aliphatic rings. The first kappa shape index (κ1) is 23.6. The number of aromatic amines is 1. The molecule has 4 aromatic rings. The molecule has 0 fully saturated rings. The van der Waals surface area contributed by atoms with E-state index in [-0.39, 0.29) is 30.3 Å². The van der Waals surface area contributed by atoms with E-state index in [1.54, 1.807) is 55.5 Å². The molecule has 0 radical (unpaired) electrons. The van der Waals surface area contributed by atoms with E-state index in [2.05, 4.69) is 19.9 Å². The first-order chi connectivity index (χ1) is 16.8. The maximum atomic E-state index is 13.0. The summed E-state index contributed by atoms with van der Waals surface area (Å²) in [7, 11) is 0. The van der Waals surface area contributed by atoms with Crippen LogP contribution in [0.25, 0.3) is 0 Å². The number of aromatic nitrogens is 5. The van der Waals surface area contributed by atoms with E-state index >= 15 is 0 Å². The van der Waals surface area contributed by atoms with E-state index in [0.717, 1.165) is 16.5 Å². The zero-order chi connectivity index (χ0) is 24.9. The van der Waals surface area contributed by atoms with Crippen molar-refractivity contribution in [2.24, 2.45) is 4.99 Å². The number of hydrogen-bond acceptors (Lipinski definition) is 7. The highest BCUT2D eigenvalue weighted by Crippen LogP contribution is 2.22. The van der Waals surface area contributed by atoms with Gasteiger partial charge in [0, 0.05) is 17.6 Å². The summed E-state index contributed by atoms with van der Waals surface area (Å²) in [5, 5.41) is 9.61. The van der Waals surface area contributed by atoms with Gasteiger partial charge < -0.3 is 9.84 Å². The van der Waals surface area contributed by atoms with Crippen LogP contribution >= 0.6 is 11.6 Å². The van der Waals surface area contributed by atoms with Crippen LogP contribution < -0.4 is 21.7 Å². The van der Waals surface area contributed by atoms with Crippen molar-refractivity contribution < 1.29 is 14.6 Å². The Bertz CT molecular complexity index is 1560. The van der Waals surface area contributed by atoms with Crippen LogP contribution in [0.3, 0.4) is 0 Å². The number of rotatable bonds is 7. The molecule has 4 rings (SSSR count). The molecule has 0 aliphatic carbocycles. The van der Waals surface area contributed by atoms with Gasteiger partial charge in [-0.2, -0.15) is 0 Å². The molecular formula is C23H19ClN6O5. The minimum Gasteiger partial charge on any atom is -0.477 e. The van der Waals surface area contributed by atoms with E-state index in [4.69, 9.17) is 21.4 Å². The topological polar surface area (TPSA) is 144 Å². The number of ether oxygens (including phenoxy) is 1. The van der Waals surface area contributed by atoms with Gasteiger partial charge in [0.15, 0.2) is 5.69 Å². The van der Waals surface area contributed by atoms with Gasteiger partial charge in [0.2, 0.25) is 11.5 Å². The monoisotopic (exact) mass is 494 g/mol. The molecule has 2 N–H and O–H groups in total. The van der Waals surface area contributed by atoms with Crippen molar-refractivity contribution >= 4 is 23.3 Å². The van der Waals surface area contributed by atoms with Gasteiger partial charge in [-0.15, -0.1) is 0 Å². The third-order valence-corrected chi connectivity index (χ3v) is 5.16. The fraction of sp³-hybridized carbons (Fsp3) is 0.130. The minimum absolute atomic E-state index is 0.0652. The summed E-state index contributed by atoms with van der Waals surface area (Å²) in [6.07, 6.45) is 1.09. The highest BCUT2D eigenvalue weighted by Gasteiger charge is 2.10. The van der Waals surface area contributed by atoms with Crippen molar-refractivity contribution in [3.8, 4) is 11.6 Å². The van der Waals surface area contributed by atoms with Gasteiger partial charge in [-0.1, -0.05) is 23.7 Å². The van der Waals surface area contributed by atoms with Crippen LogP contribution in [0.1, 0.15) is 23.0 Å². The quantitative estimate of drug-likeness (QED) is 0.401. The average Bonchev–Trinajstić information content (AvgIpc) is 2.84. The van der Waals surface area contributed by atoms with Crippen molar-refractivity contribution in [3.63, 3.8) is 0 Å². The van der Waals surface area contributed by atoms with Crippen molar-refractivity contribution in [2.75, 3.05) is 0 Å². The van der Waals surface area contributed by atoms with Crippen molar-refractivity contribution in [1.82, 2.24) is 24.1 Å². The summed E-state index contributed by atoms with van der Waals surface area (Å²) < 4.78 is 8.02. The lowest BCUT2D eigenvalue weighted by Crippen LogP contribution is -2.49. The Morgan fingerprint density at radius 1 is 1.09 bits per heavy atom. The number of nitrogens with one attached hydrogen (secondary N) is 1. The summed E-state index contributed by atoms with van der Waals surface area (Å²) in [6.45, 7) is 2.08. The Balaban J connectivity index is 1.68. The van der Waals surface area contributed by atoms with Crippen molar-refractivity contribution in [3.05, 3.63) is 104 Å². The van der Waals surface area contributed by atoms with Gasteiger partial charge in [0.1, 0.15) is 12.1 Å². The van der Waals surface area contributed by atoms with Crippen LogP contribution in [0.5, 0.6) is 11.6 Å². The fourth-order valence-electron chi connectivity index (χ4n) is 3.18. The van der Waals surface area contributed by atoms with Gasteiger partial charge in [-0.3, -0.25) is 9.55 Å². The molecule has 11 nitrogen and oxygen atoms in total. The van der Waals surface area contributed by atoms with Gasteiger partial charge in [-0.25, -0.2) is 33.9 Å². The second-order valence-corrected chi connectivity index (χ2v) is 7.68. The second-order valence-electron chi connectivity index (χ2n) is 7.25. The zero-order valence-corrected chi connectivity index (χ0v) is 19.1. The molecule has 0 bridgehead atoms. The lowest BCUT2D eigenvalue weighted by molar-refractivity contribution is 0.0689. The average molecular weight is 495 g/mol. The number of nitrogens with zero attached hydrogens (tertiary/aromatic N) is 5. The first-order valence-electron chi connectivity index (χ1n) is 10.4. The smallest absolute Gasteiger partial charge is 0.354 e. The molecule has 2 aromatic heterocycles. The lowest BCUT2D eigenvalue weighted by atomic mass is 10.2. The summed E-state index contributed by atoms with van der Waals surface area (Å²) in [4.78, 5) is 51.1. The molecule has 2 aromatic carbocycles. The Labute approximate surface area is 202 Å².